The molecule has 0 bridgehead atoms. The maximum Gasteiger partial charge on any atom is 0.277 e. The summed E-state index contributed by atoms with van der Waals surface area (Å²) in [6.45, 7) is 0.357. The zero-order valence-electron chi connectivity index (χ0n) is 15.3. The quantitative estimate of drug-likeness (QED) is 0.257. The zero-order chi connectivity index (χ0) is 20.5. The molecule has 0 radical (unpaired) electrons. The fraction of sp³-hybridized carbons (Fsp3) is 0.0909. The highest BCUT2D eigenvalue weighted by atomic mass is 127. The number of carbonyl (C=O) groups excluding carboxylic acids is 1. The molecule has 0 atom stereocenters. The van der Waals surface area contributed by atoms with Gasteiger partial charge in [0.25, 0.3) is 5.91 Å². The van der Waals surface area contributed by atoms with Gasteiger partial charge in [-0.15, -0.1) is 0 Å². The SMILES string of the molecule is O=C(COc1cccc(Cl)c1)N/N=C/c1ccc(OCc2ccc(I)cc2)cc1. The van der Waals surface area contributed by atoms with Crippen molar-refractivity contribution >= 4 is 46.3 Å². The summed E-state index contributed by atoms with van der Waals surface area (Å²) in [5.41, 5.74) is 4.37. The van der Waals surface area contributed by atoms with Crippen LogP contribution in [0.5, 0.6) is 11.5 Å². The third-order valence-electron chi connectivity index (χ3n) is 3.77. The minimum absolute atomic E-state index is 0.150. The molecule has 0 aromatic heterocycles. The summed E-state index contributed by atoms with van der Waals surface area (Å²) in [4.78, 5) is 11.8. The van der Waals surface area contributed by atoms with Gasteiger partial charge in [-0.25, -0.2) is 5.43 Å². The number of hydrazone groups is 1. The molecule has 0 spiro atoms. The summed E-state index contributed by atoms with van der Waals surface area (Å²) in [5.74, 6) is 0.927. The summed E-state index contributed by atoms with van der Waals surface area (Å²) in [6, 6.07) is 22.5. The van der Waals surface area contributed by atoms with Crippen molar-refractivity contribution in [2.24, 2.45) is 5.10 Å². The second-order valence-corrected chi connectivity index (χ2v) is 7.71. The summed E-state index contributed by atoms with van der Waals surface area (Å²) in [5, 5.41) is 4.48. The largest absolute Gasteiger partial charge is 0.489 e. The van der Waals surface area contributed by atoms with Crippen molar-refractivity contribution in [2.45, 2.75) is 6.61 Å². The molecule has 0 unspecified atom stereocenters. The van der Waals surface area contributed by atoms with E-state index >= 15 is 0 Å². The Morgan fingerprint density at radius 1 is 1.00 bits per heavy atom. The Balaban J connectivity index is 1.42. The highest BCUT2D eigenvalue weighted by Gasteiger charge is 2.02. The monoisotopic (exact) mass is 520 g/mol. The third kappa shape index (κ3) is 7.40. The number of hydrogen-bond donors (Lipinski definition) is 1. The number of ether oxygens (including phenoxy) is 2. The van der Waals surface area contributed by atoms with Gasteiger partial charge in [-0.05, 0) is 88.3 Å². The molecule has 1 N–H and O–H groups in total. The average Bonchev–Trinajstić information content (AvgIpc) is 2.73. The number of rotatable bonds is 8. The predicted molar refractivity (Wildman–Crippen MR) is 123 cm³/mol. The van der Waals surface area contributed by atoms with E-state index in [0.29, 0.717) is 17.4 Å². The van der Waals surface area contributed by atoms with Crippen LogP contribution in [0.3, 0.4) is 0 Å². The lowest BCUT2D eigenvalue weighted by Gasteiger charge is -2.07. The maximum absolute atomic E-state index is 11.8. The van der Waals surface area contributed by atoms with Crippen LogP contribution >= 0.6 is 34.2 Å². The van der Waals surface area contributed by atoms with Gasteiger partial charge >= 0.3 is 0 Å². The van der Waals surface area contributed by atoms with E-state index in [1.807, 2.05) is 48.5 Å². The van der Waals surface area contributed by atoms with Crippen molar-refractivity contribution in [3.8, 4) is 11.5 Å². The predicted octanol–water partition coefficient (Wildman–Crippen LogP) is 5.05. The molecule has 0 saturated carbocycles. The third-order valence-corrected chi connectivity index (χ3v) is 4.72. The number of hydrogen-bond acceptors (Lipinski definition) is 4. The number of nitrogens with one attached hydrogen (secondary N) is 1. The molecule has 3 rings (SSSR count). The molecule has 0 fully saturated rings. The maximum atomic E-state index is 11.8. The Kier molecular flexibility index (Phi) is 7.89. The van der Waals surface area contributed by atoms with Gasteiger partial charge in [0.2, 0.25) is 0 Å². The van der Waals surface area contributed by atoms with Gasteiger partial charge in [-0.1, -0.05) is 29.8 Å². The fourth-order valence-electron chi connectivity index (χ4n) is 2.31. The van der Waals surface area contributed by atoms with Crippen molar-refractivity contribution in [2.75, 3.05) is 6.61 Å². The van der Waals surface area contributed by atoms with Gasteiger partial charge in [-0.2, -0.15) is 5.10 Å². The molecule has 3 aromatic rings. The van der Waals surface area contributed by atoms with E-state index in [-0.39, 0.29) is 12.5 Å². The lowest BCUT2D eigenvalue weighted by molar-refractivity contribution is -0.123. The number of halogens is 2. The summed E-state index contributed by atoms with van der Waals surface area (Å²) >= 11 is 8.14. The number of carbonyl (C=O) groups is 1. The summed E-state index contributed by atoms with van der Waals surface area (Å²) in [7, 11) is 0. The molecule has 7 heteroatoms. The van der Waals surface area contributed by atoms with Crippen LogP contribution in [0.15, 0.2) is 77.9 Å². The van der Waals surface area contributed by atoms with E-state index in [1.54, 1.807) is 30.5 Å². The number of benzene rings is 3. The Morgan fingerprint density at radius 2 is 1.76 bits per heavy atom. The van der Waals surface area contributed by atoms with Gasteiger partial charge in [0.15, 0.2) is 6.61 Å². The highest BCUT2D eigenvalue weighted by Crippen LogP contribution is 2.17. The van der Waals surface area contributed by atoms with Crippen LogP contribution in [0.25, 0.3) is 0 Å². The van der Waals surface area contributed by atoms with Gasteiger partial charge in [0.1, 0.15) is 18.1 Å². The Labute approximate surface area is 187 Å². The first-order valence-electron chi connectivity index (χ1n) is 8.76. The minimum atomic E-state index is -0.362. The van der Waals surface area contributed by atoms with Crippen LogP contribution in [-0.2, 0) is 11.4 Å². The van der Waals surface area contributed by atoms with E-state index in [4.69, 9.17) is 21.1 Å². The molecular weight excluding hydrogens is 503 g/mol. The first-order valence-corrected chi connectivity index (χ1v) is 10.2. The molecular formula is C22H18ClIN2O3. The molecule has 0 aliphatic rings. The first kappa shape index (κ1) is 21.1. The Bertz CT molecular complexity index is 976. The van der Waals surface area contributed by atoms with Crippen LogP contribution in [0.1, 0.15) is 11.1 Å². The molecule has 1 amide bonds. The standard InChI is InChI=1S/C22H18ClIN2O3/c23-18-2-1-3-21(12-18)29-15-22(27)26-25-13-16-6-10-20(11-7-16)28-14-17-4-8-19(24)9-5-17/h1-13H,14-15H2,(H,26,27)/b25-13+. The van der Waals surface area contributed by atoms with Gasteiger partial charge in [-0.3, -0.25) is 4.79 Å². The van der Waals surface area contributed by atoms with Crippen molar-refractivity contribution < 1.29 is 14.3 Å². The normalized spacial score (nSPS) is 10.7. The molecule has 3 aromatic carbocycles. The number of nitrogens with zero attached hydrogens (tertiary/aromatic N) is 1. The molecule has 0 aliphatic carbocycles. The van der Waals surface area contributed by atoms with Gasteiger partial charge in [0, 0.05) is 8.59 Å². The van der Waals surface area contributed by atoms with Crippen LogP contribution in [0, 0.1) is 3.57 Å². The number of amides is 1. The van der Waals surface area contributed by atoms with Crippen molar-refractivity contribution in [3.63, 3.8) is 0 Å². The lowest BCUT2D eigenvalue weighted by Crippen LogP contribution is -2.24. The average molecular weight is 521 g/mol. The van der Waals surface area contributed by atoms with E-state index in [0.717, 1.165) is 16.9 Å². The molecule has 148 valence electrons. The Hall–Kier alpha value is -2.58. The van der Waals surface area contributed by atoms with E-state index in [9.17, 15) is 4.79 Å². The smallest absolute Gasteiger partial charge is 0.277 e. The molecule has 0 saturated heterocycles. The topological polar surface area (TPSA) is 59.9 Å². The van der Waals surface area contributed by atoms with Crippen LogP contribution < -0.4 is 14.9 Å². The second-order valence-electron chi connectivity index (χ2n) is 6.02. The molecule has 0 aliphatic heterocycles. The first-order chi connectivity index (χ1) is 14.1. The zero-order valence-corrected chi connectivity index (χ0v) is 18.3. The van der Waals surface area contributed by atoms with Crippen molar-refractivity contribution in [3.05, 3.63) is 92.5 Å². The van der Waals surface area contributed by atoms with E-state index < -0.39 is 0 Å². The highest BCUT2D eigenvalue weighted by molar-refractivity contribution is 14.1. The van der Waals surface area contributed by atoms with Crippen molar-refractivity contribution in [1.82, 2.24) is 5.43 Å². The molecule has 5 nitrogen and oxygen atoms in total. The Morgan fingerprint density at radius 3 is 2.48 bits per heavy atom. The van der Waals surface area contributed by atoms with E-state index in [1.165, 1.54) is 3.57 Å². The van der Waals surface area contributed by atoms with E-state index in [2.05, 4.69) is 33.1 Å². The van der Waals surface area contributed by atoms with Crippen LogP contribution in [0.4, 0.5) is 0 Å². The second kappa shape index (κ2) is 10.8. The van der Waals surface area contributed by atoms with Gasteiger partial charge < -0.3 is 9.47 Å². The molecule has 0 heterocycles. The summed E-state index contributed by atoms with van der Waals surface area (Å²) < 4.78 is 12.3. The summed E-state index contributed by atoms with van der Waals surface area (Å²) in [6.07, 6.45) is 1.56. The van der Waals surface area contributed by atoms with Crippen molar-refractivity contribution in [1.29, 1.82) is 0 Å². The lowest BCUT2D eigenvalue weighted by atomic mass is 10.2. The van der Waals surface area contributed by atoms with Crippen LogP contribution in [0.2, 0.25) is 5.02 Å². The molecule has 29 heavy (non-hydrogen) atoms. The van der Waals surface area contributed by atoms with Gasteiger partial charge in [0.05, 0.1) is 6.21 Å². The van der Waals surface area contributed by atoms with Crippen LogP contribution in [-0.4, -0.2) is 18.7 Å². The minimum Gasteiger partial charge on any atom is -0.489 e. The fourth-order valence-corrected chi connectivity index (χ4v) is 2.85.